The Balaban J connectivity index is 2.85. The lowest BCUT2D eigenvalue weighted by atomic mass is 10.6. The Morgan fingerprint density at radius 3 is 2.62 bits per heavy atom. The molecule has 0 radical (unpaired) electrons. The van der Waals surface area contributed by atoms with Crippen molar-refractivity contribution in [1.29, 1.82) is 0 Å². The van der Waals surface area contributed by atoms with Gasteiger partial charge in [-0.1, -0.05) is 12.1 Å². The third-order valence-corrected chi connectivity index (χ3v) is 1.60. The molecule has 0 amide bonds. The Labute approximate surface area is 79.8 Å². The molecular weight excluding hydrogens is 174 g/mol. The van der Waals surface area contributed by atoms with E-state index >= 15 is 0 Å². The summed E-state index contributed by atoms with van der Waals surface area (Å²) in [6.07, 6.45) is -1.02. The van der Waals surface area contributed by atoms with E-state index in [4.69, 9.17) is 7.85 Å². The van der Waals surface area contributed by atoms with E-state index in [-0.39, 0.29) is 0 Å². The van der Waals surface area contributed by atoms with Crippen LogP contribution < -0.4 is 0 Å². The fraction of sp³-hybridized carbons (Fsp3) is 0.300. The molecular formula is C10H12O3. The molecule has 2 atom stereocenters. The van der Waals surface area contributed by atoms with Gasteiger partial charge in [0.15, 0.2) is 0 Å². The summed E-state index contributed by atoms with van der Waals surface area (Å²) in [4.78, 5) is 11.1. The van der Waals surface area contributed by atoms with E-state index in [1.54, 1.807) is 0 Å². The zero-order chi connectivity index (χ0) is 11.4. The van der Waals surface area contributed by atoms with Gasteiger partial charge in [-0.15, -0.1) is 0 Å². The Morgan fingerprint density at radius 1 is 1.54 bits per heavy atom. The van der Waals surface area contributed by atoms with Crippen molar-refractivity contribution in [2.24, 2.45) is 0 Å². The Bertz CT molecular complexity index is 335. The van der Waals surface area contributed by atoms with E-state index < -0.39 is 18.9 Å². The van der Waals surface area contributed by atoms with Crippen molar-refractivity contribution in [2.75, 3.05) is 13.7 Å². The van der Waals surface area contributed by atoms with E-state index in [0.717, 1.165) is 0 Å². The third kappa shape index (κ3) is 2.56. The summed E-state index contributed by atoms with van der Waals surface area (Å²) in [6, 6.07) is 6.07. The van der Waals surface area contributed by atoms with Gasteiger partial charge in [0.1, 0.15) is 0 Å². The molecule has 0 saturated heterocycles. The minimum atomic E-state index is -1.48. The molecule has 1 aromatic rings. The minimum absolute atomic E-state index is 0.382. The van der Waals surface area contributed by atoms with Crippen LogP contribution >= 0.6 is 0 Å². The van der Waals surface area contributed by atoms with Crippen molar-refractivity contribution in [3.63, 3.8) is 0 Å². The summed E-state index contributed by atoms with van der Waals surface area (Å²) < 4.78 is 18.9. The van der Waals surface area contributed by atoms with Crippen LogP contribution in [0.25, 0.3) is 0 Å². The average molecular weight is 188 g/mol. The van der Waals surface area contributed by atoms with E-state index in [9.17, 15) is 4.79 Å². The first-order valence-electron chi connectivity index (χ1n) is 4.92. The molecule has 1 aromatic carbocycles. The molecule has 0 bridgehead atoms. The average Bonchev–Trinajstić information content (AvgIpc) is 2.27. The van der Waals surface area contributed by atoms with Crippen molar-refractivity contribution >= 4 is 5.97 Å². The number of carbonyl (C=O) groups excluding carboxylic acids is 1. The van der Waals surface area contributed by atoms with Gasteiger partial charge in [-0.05, 0) is 24.1 Å². The summed E-state index contributed by atoms with van der Waals surface area (Å²) in [5.41, 5.74) is 0.873. The number of esters is 1. The largest absolute Gasteiger partial charge is 0.465 e. The molecule has 0 saturated carbocycles. The summed E-state index contributed by atoms with van der Waals surface area (Å²) in [7, 11) is 1.29. The molecule has 0 aliphatic rings. The molecule has 2 unspecified atom stereocenters. The fourth-order valence-electron chi connectivity index (χ4n) is 0.934. The maximum atomic E-state index is 11.1. The smallest absolute Gasteiger partial charge is 0.337 e. The zero-order valence-electron chi connectivity index (χ0n) is 9.23. The van der Waals surface area contributed by atoms with Crippen LogP contribution in [0.15, 0.2) is 24.3 Å². The quantitative estimate of drug-likeness (QED) is 0.720. The minimum Gasteiger partial charge on any atom is -0.465 e. The molecule has 0 spiro atoms. The molecule has 1 rings (SSSR count). The lowest BCUT2D eigenvalue weighted by Gasteiger charge is -2.00. The van der Waals surface area contributed by atoms with Gasteiger partial charge < -0.3 is 9.84 Å². The molecule has 0 heterocycles. The first kappa shape index (κ1) is 7.09. The normalized spacial score (nSPS) is 16.8. The van der Waals surface area contributed by atoms with Crippen LogP contribution in [0.5, 0.6) is 0 Å². The summed E-state index contributed by atoms with van der Waals surface area (Å²) in [5, 5.41) is 8.89. The van der Waals surface area contributed by atoms with E-state index in [2.05, 4.69) is 4.74 Å². The van der Waals surface area contributed by atoms with Crippen molar-refractivity contribution in [1.82, 2.24) is 0 Å². The number of aryl methyl sites for hydroxylation is 1. The highest BCUT2D eigenvalue weighted by atomic mass is 16.5. The number of benzene rings is 1. The maximum Gasteiger partial charge on any atom is 0.337 e. The Hall–Kier alpha value is -1.35. The van der Waals surface area contributed by atoms with Crippen LogP contribution in [0.3, 0.4) is 0 Å². The van der Waals surface area contributed by atoms with Gasteiger partial charge in [0.25, 0.3) is 0 Å². The molecule has 0 aromatic heterocycles. The lowest BCUT2D eigenvalue weighted by Crippen LogP contribution is -2.01. The van der Waals surface area contributed by atoms with Crippen molar-refractivity contribution in [3.05, 3.63) is 35.4 Å². The number of carbonyl (C=O) groups is 1. The second-order valence-electron chi connectivity index (χ2n) is 2.43. The zero-order valence-corrected chi connectivity index (χ0v) is 7.23. The Kier molecular flexibility index (Phi) is 2.52. The molecule has 1 N–H and O–H groups in total. The number of ether oxygens (including phenoxy) is 1. The highest BCUT2D eigenvalue weighted by Gasteiger charge is 2.03. The fourth-order valence-corrected chi connectivity index (χ4v) is 0.934. The van der Waals surface area contributed by atoms with Crippen molar-refractivity contribution in [2.45, 2.75) is 6.40 Å². The van der Waals surface area contributed by atoms with Gasteiger partial charge in [0.2, 0.25) is 0 Å². The first-order chi connectivity index (χ1) is 7.06. The highest BCUT2D eigenvalue weighted by Crippen LogP contribution is 2.05. The molecule has 0 fully saturated rings. The molecule has 0 aliphatic carbocycles. The van der Waals surface area contributed by atoms with Gasteiger partial charge in [-0.3, -0.25) is 0 Å². The summed E-state index contributed by atoms with van der Waals surface area (Å²) in [5.74, 6) is -0.450. The predicted octanol–water partition coefficient (Wildman–Crippen LogP) is 1.01. The number of hydrogen-bond acceptors (Lipinski definition) is 3. The van der Waals surface area contributed by atoms with Gasteiger partial charge in [-0.2, -0.15) is 0 Å². The van der Waals surface area contributed by atoms with Crippen LogP contribution in [0, 0.1) is 0 Å². The topological polar surface area (TPSA) is 46.5 Å². The number of methoxy groups -OCH3 is 1. The number of aliphatic hydroxyl groups excluding tert-OH is 1. The number of aliphatic hydroxyl groups is 1. The molecule has 3 nitrogen and oxygen atoms in total. The predicted molar refractivity (Wildman–Crippen MR) is 48.6 cm³/mol. The molecule has 13 heavy (non-hydrogen) atoms. The maximum absolute atomic E-state index is 11.1. The highest BCUT2D eigenvalue weighted by molar-refractivity contribution is 5.89. The van der Waals surface area contributed by atoms with Gasteiger partial charge in [0, 0.05) is 7.95 Å². The molecule has 0 aliphatic heterocycles. The van der Waals surface area contributed by atoms with Gasteiger partial charge in [-0.25, -0.2) is 4.79 Å². The Morgan fingerprint density at radius 2 is 2.15 bits per heavy atom. The first-order valence-corrected chi connectivity index (χ1v) is 3.77. The van der Waals surface area contributed by atoms with Crippen LogP contribution in [0.4, 0.5) is 0 Å². The second-order valence-corrected chi connectivity index (χ2v) is 2.43. The second kappa shape index (κ2) is 4.62. The van der Waals surface area contributed by atoms with Gasteiger partial charge >= 0.3 is 5.97 Å². The number of hydrogen-bond donors (Lipinski definition) is 1. The van der Waals surface area contributed by atoms with Crippen LogP contribution in [-0.4, -0.2) is 24.8 Å². The lowest BCUT2D eigenvalue weighted by molar-refractivity contribution is 0.0601. The van der Waals surface area contributed by atoms with E-state index in [1.807, 2.05) is 0 Å². The monoisotopic (exact) mass is 188 g/mol. The molecule has 70 valence electrons. The van der Waals surface area contributed by atoms with E-state index in [0.29, 0.717) is 11.1 Å². The van der Waals surface area contributed by atoms with Crippen LogP contribution in [-0.2, 0) is 11.1 Å². The number of rotatable bonds is 3. The van der Waals surface area contributed by atoms with Crippen molar-refractivity contribution in [3.8, 4) is 0 Å². The van der Waals surface area contributed by atoms with Crippen molar-refractivity contribution < 1.29 is 17.4 Å². The summed E-state index contributed by atoms with van der Waals surface area (Å²) >= 11 is 0. The van der Waals surface area contributed by atoms with Crippen LogP contribution in [0.2, 0.25) is 0 Å². The standard InChI is InChI=1S/C10H12O3/c1-13-10(12)9-4-2-8(3-5-9)6-7-11/h2-5,11H,6-7H2,1H3/i2+1,3+1,4+1,5+1,6D,7D,8+1,9+1. The SMILES string of the molecule is [2H]C(O)C([2H])[13c]1[13cH][13cH][13c](C(=O)OC)[13cH][13cH]1. The van der Waals surface area contributed by atoms with Gasteiger partial charge in [0.05, 0.1) is 14.0 Å². The summed E-state index contributed by atoms with van der Waals surface area (Å²) in [6.45, 7) is -1.48. The van der Waals surface area contributed by atoms with E-state index in [1.165, 1.54) is 31.4 Å². The molecule has 3 heteroatoms. The van der Waals surface area contributed by atoms with Crippen LogP contribution in [0.1, 0.15) is 18.7 Å². The third-order valence-electron chi connectivity index (χ3n) is 1.60.